The minimum Gasteiger partial charge on any atom is -0.385 e. The predicted octanol–water partition coefficient (Wildman–Crippen LogP) is 3.79. The molecule has 0 aliphatic rings. The lowest BCUT2D eigenvalue weighted by Gasteiger charge is -2.06. The zero-order valence-corrected chi connectivity index (χ0v) is 9.66. The van der Waals surface area contributed by atoms with Gasteiger partial charge in [0.2, 0.25) is 0 Å². The Kier molecular flexibility index (Phi) is 4.60. The summed E-state index contributed by atoms with van der Waals surface area (Å²) in [6.45, 7) is 6.89. The number of rotatable bonds is 5. The summed E-state index contributed by atoms with van der Waals surface area (Å²) in [5, 5.41) is 3.36. The number of hydrogen-bond donors (Lipinski definition) is 1. The molecule has 76 valence electrons. The third-order valence-corrected chi connectivity index (χ3v) is 2.71. The third-order valence-electron chi connectivity index (χ3n) is 1.97. The maximum absolute atomic E-state index is 3.87. The van der Waals surface area contributed by atoms with Crippen LogP contribution in [-0.4, -0.2) is 12.8 Å². The van der Waals surface area contributed by atoms with Gasteiger partial charge in [0.15, 0.2) is 0 Å². The van der Waals surface area contributed by atoms with Gasteiger partial charge < -0.3 is 5.32 Å². The van der Waals surface area contributed by atoms with E-state index >= 15 is 0 Å². The van der Waals surface area contributed by atoms with Crippen LogP contribution in [0.15, 0.2) is 41.3 Å². The van der Waals surface area contributed by atoms with Crippen LogP contribution in [0.5, 0.6) is 0 Å². The first-order valence-electron chi connectivity index (χ1n) is 4.74. The first kappa shape index (κ1) is 11.2. The van der Waals surface area contributed by atoms with E-state index in [1.807, 2.05) is 0 Å². The minimum atomic E-state index is 0.966. The van der Waals surface area contributed by atoms with Gasteiger partial charge in [-0.1, -0.05) is 5.57 Å². The number of thioether (sulfide) groups is 1. The van der Waals surface area contributed by atoms with Crippen LogP contribution in [-0.2, 0) is 0 Å². The zero-order chi connectivity index (χ0) is 10.4. The van der Waals surface area contributed by atoms with Crippen LogP contribution in [0.3, 0.4) is 0 Å². The molecule has 1 aromatic rings. The second-order valence-corrected chi connectivity index (χ2v) is 4.24. The summed E-state index contributed by atoms with van der Waals surface area (Å²) in [7, 11) is 0. The van der Waals surface area contributed by atoms with Crippen LogP contribution in [0, 0.1) is 0 Å². The fourth-order valence-electron chi connectivity index (χ4n) is 1.13. The molecule has 0 aromatic heterocycles. The van der Waals surface area contributed by atoms with Crippen LogP contribution in [0.25, 0.3) is 0 Å². The molecule has 1 nitrogen and oxygen atoms in total. The Bertz CT molecular complexity index is 290. The molecule has 1 N–H and O–H groups in total. The van der Waals surface area contributed by atoms with Gasteiger partial charge in [-0.25, -0.2) is 0 Å². The van der Waals surface area contributed by atoms with Crippen molar-refractivity contribution in [1.29, 1.82) is 0 Å². The molecule has 0 heterocycles. The van der Waals surface area contributed by atoms with Crippen molar-refractivity contribution in [3.63, 3.8) is 0 Å². The van der Waals surface area contributed by atoms with Crippen molar-refractivity contribution in [3.05, 3.63) is 36.4 Å². The molecule has 0 aliphatic heterocycles. The lowest BCUT2D eigenvalue weighted by molar-refractivity contribution is 1.00. The fourth-order valence-corrected chi connectivity index (χ4v) is 1.54. The van der Waals surface area contributed by atoms with Gasteiger partial charge in [-0.05, 0) is 43.9 Å². The molecule has 2 heteroatoms. The van der Waals surface area contributed by atoms with Crippen LogP contribution < -0.4 is 5.32 Å². The Labute approximate surface area is 90.6 Å². The smallest absolute Gasteiger partial charge is 0.0341 e. The lowest BCUT2D eigenvalue weighted by Crippen LogP contribution is -2.01. The first-order valence-corrected chi connectivity index (χ1v) is 5.97. The summed E-state index contributed by atoms with van der Waals surface area (Å²) in [5.41, 5.74) is 2.40. The molecular formula is C12H17NS. The van der Waals surface area contributed by atoms with E-state index in [0.29, 0.717) is 0 Å². The molecule has 0 fully saturated rings. The van der Waals surface area contributed by atoms with E-state index in [0.717, 1.165) is 13.0 Å². The van der Waals surface area contributed by atoms with E-state index in [2.05, 4.69) is 49.3 Å². The minimum absolute atomic E-state index is 0.966. The summed E-state index contributed by atoms with van der Waals surface area (Å²) in [5.74, 6) is 0. The highest BCUT2D eigenvalue weighted by molar-refractivity contribution is 7.98. The maximum atomic E-state index is 3.87. The van der Waals surface area contributed by atoms with Crippen molar-refractivity contribution in [2.75, 3.05) is 18.1 Å². The topological polar surface area (TPSA) is 12.0 Å². The summed E-state index contributed by atoms with van der Waals surface area (Å²) in [6.07, 6.45) is 3.12. The molecule has 0 aliphatic carbocycles. The molecule has 0 saturated heterocycles. The second-order valence-electron chi connectivity index (χ2n) is 3.36. The summed E-state index contributed by atoms with van der Waals surface area (Å²) in [6, 6.07) is 8.50. The predicted molar refractivity (Wildman–Crippen MR) is 66.1 cm³/mol. The first-order chi connectivity index (χ1) is 6.72. The normalized spacial score (nSPS) is 9.86. The number of benzene rings is 1. The van der Waals surface area contributed by atoms with Gasteiger partial charge in [0.25, 0.3) is 0 Å². The molecular weight excluding hydrogens is 190 g/mol. The van der Waals surface area contributed by atoms with Gasteiger partial charge in [0.05, 0.1) is 0 Å². The number of hydrogen-bond acceptors (Lipinski definition) is 2. The number of nitrogens with one attached hydrogen (secondary N) is 1. The van der Waals surface area contributed by atoms with E-state index in [4.69, 9.17) is 0 Å². The van der Waals surface area contributed by atoms with Crippen molar-refractivity contribution in [2.24, 2.45) is 0 Å². The highest BCUT2D eigenvalue weighted by Gasteiger charge is 1.92. The van der Waals surface area contributed by atoms with Crippen molar-refractivity contribution in [1.82, 2.24) is 0 Å². The van der Waals surface area contributed by atoms with E-state index < -0.39 is 0 Å². The molecule has 14 heavy (non-hydrogen) atoms. The standard InChI is InChI=1S/C12H17NS/c1-10(2)8-9-13-11-4-6-12(14-3)7-5-11/h4-7,13H,1,8-9H2,2-3H3. The Morgan fingerprint density at radius 3 is 2.50 bits per heavy atom. The summed E-state index contributed by atoms with van der Waals surface area (Å²) < 4.78 is 0. The third kappa shape index (κ3) is 3.88. The lowest BCUT2D eigenvalue weighted by atomic mass is 10.2. The molecule has 1 rings (SSSR count). The Balaban J connectivity index is 2.40. The van der Waals surface area contributed by atoms with Gasteiger partial charge in [-0.3, -0.25) is 0 Å². The number of anilines is 1. The van der Waals surface area contributed by atoms with Crippen LogP contribution in [0.4, 0.5) is 5.69 Å². The zero-order valence-electron chi connectivity index (χ0n) is 8.84. The molecule has 0 bridgehead atoms. The average molecular weight is 207 g/mol. The van der Waals surface area contributed by atoms with Crippen molar-refractivity contribution in [3.8, 4) is 0 Å². The van der Waals surface area contributed by atoms with E-state index in [1.54, 1.807) is 11.8 Å². The molecule has 0 radical (unpaired) electrons. The van der Waals surface area contributed by atoms with E-state index in [-0.39, 0.29) is 0 Å². The maximum Gasteiger partial charge on any atom is 0.0341 e. The highest BCUT2D eigenvalue weighted by Crippen LogP contribution is 2.17. The Morgan fingerprint density at radius 2 is 2.00 bits per heavy atom. The summed E-state index contributed by atoms with van der Waals surface area (Å²) in [4.78, 5) is 1.30. The van der Waals surface area contributed by atoms with Gasteiger partial charge in [0, 0.05) is 17.1 Å². The molecule has 0 amide bonds. The van der Waals surface area contributed by atoms with Gasteiger partial charge in [0.1, 0.15) is 0 Å². The van der Waals surface area contributed by atoms with E-state index in [1.165, 1.54) is 16.2 Å². The molecule has 0 spiro atoms. The second kappa shape index (κ2) is 5.76. The van der Waals surface area contributed by atoms with Gasteiger partial charge in [-0.15, -0.1) is 18.3 Å². The Morgan fingerprint density at radius 1 is 1.36 bits per heavy atom. The molecule has 0 atom stereocenters. The molecule has 1 aromatic carbocycles. The van der Waals surface area contributed by atoms with Crippen molar-refractivity contribution in [2.45, 2.75) is 18.2 Å². The molecule has 0 saturated carbocycles. The van der Waals surface area contributed by atoms with Crippen LogP contribution in [0.2, 0.25) is 0 Å². The molecule has 0 unspecified atom stereocenters. The van der Waals surface area contributed by atoms with E-state index in [9.17, 15) is 0 Å². The van der Waals surface area contributed by atoms with Gasteiger partial charge in [-0.2, -0.15) is 0 Å². The highest BCUT2D eigenvalue weighted by atomic mass is 32.2. The quantitative estimate of drug-likeness (QED) is 0.582. The van der Waals surface area contributed by atoms with Gasteiger partial charge >= 0.3 is 0 Å². The van der Waals surface area contributed by atoms with Crippen molar-refractivity contribution >= 4 is 17.4 Å². The van der Waals surface area contributed by atoms with Crippen LogP contribution in [0.1, 0.15) is 13.3 Å². The SMILES string of the molecule is C=C(C)CCNc1ccc(SC)cc1. The van der Waals surface area contributed by atoms with Crippen LogP contribution >= 0.6 is 11.8 Å². The average Bonchev–Trinajstić information content (AvgIpc) is 2.18. The largest absolute Gasteiger partial charge is 0.385 e. The fraction of sp³-hybridized carbons (Fsp3) is 0.333. The van der Waals surface area contributed by atoms with Crippen molar-refractivity contribution < 1.29 is 0 Å². The Hall–Kier alpha value is -0.890. The summed E-state index contributed by atoms with van der Waals surface area (Å²) >= 11 is 1.76. The monoisotopic (exact) mass is 207 g/mol.